The summed E-state index contributed by atoms with van der Waals surface area (Å²) in [6.45, 7) is 2.20. The van der Waals surface area contributed by atoms with Crippen LogP contribution in [-0.2, 0) is 11.4 Å². The first-order valence-corrected chi connectivity index (χ1v) is 6.80. The topological polar surface area (TPSA) is 77.8 Å². The highest BCUT2D eigenvalue weighted by Gasteiger charge is 2.48. The summed E-state index contributed by atoms with van der Waals surface area (Å²) in [7, 11) is 0. The van der Waals surface area contributed by atoms with Gasteiger partial charge < -0.3 is 15.1 Å². The number of nitrogens with zero attached hydrogens (tertiary/aromatic N) is 1. The van der Waals surface area contributed by atoms with Gasteiger partial charge in [0.15, 0.2) is 0 Å². The van der Waals surface area contributed by atoms with Crippen LogP contribution in [0.3, 0.4) is 0 Å². The Morgan fingerprint density at radius 1 is 1.30 bits per heavy atom. The molecule has 1 unspecified atom stereocenters. The summed E-state index contributed by atoms with van der Waals surface area (Å²) in [5.74, 6) is -1.19. The van der Waals surface area contributed by atoms with E-state index >= 15 is 0 Å². The molecule has 5 heteroatoms. The Kier molecular flexibility index (Phi) is 4.09. The van der Waals surface area contributed by atoms with Crippen molar-refractivity contribution >= 4 is 11.9 Å². The van der Waals surface area contributed by atoms with Crippen molar-refractivity contribution in [2.24, 2.45) is 0 Å². The highest BCUT2D eigenvalue weighted by molar-refractivity contribution is 5.98. The molecule has 1 heterocycles. The molecule has 0 saturated carbocycles. The predicted octanol–water partition coefficient (Wildman–Crippen LogP) is 1.65. The van der Waals surface area contributed by atoms with E-state index < -0.39 is 11.5 Å². The average molecular weight is 277 g/mol. The molecule has 1 aromatic carbocycles. The van der Waals surface area contributed by atoms with E-state index in [-0.39, 0.29) is 12.5 Å². The van der Waals surface area contributed by atoms with Crippen molar-refractivity contribution < 1.29 is 19.8 Å². The summed E-state index contributed by atoms with van der Waals surface area (Å²) in [5, 5.41) is 18.5. The van der Waals surface area contributed by atoms with Crippen LogP contribution in [0.15, 0.2) is 24.3 Å². The lowest BCUT2D eigenvalue weighted by Gasteiger charge is -2.34. The predicted molar refractivity (Wildman–Crippen MR) is 73.3 cm³/mol. The molecule has 2 rings (SSSR count). The molecule has 0 radical (unpaired) electrons. The third kappa shape index (κ3) is 2.29. The smallest absolute Gasteiger partial charge is 0.329 e. The van der Waals surface area contributed by atoms with Crippen LogP contribution in [-0.4, -0.2) is 39.1 Å². The molecule has 0 bridgehead atoms. The summed E-state index contributed by atoms with van der Waals surface area (Å²) in [6.07, 6.45) is 1.61. The summed E-state index contributed by atoms with van der Waals surface area (Å²) in [5.41, 5.74) is 0.110. The second-order valence-electron chi connectivity index (χ2n) is 5.11. The average Bonchev–Trinajstić information content (AvgIpc) is 2.91. The maximum Gasteiger partial charge on any atom is 0.329 e. The van der Waals surface area contributed by atoms with Crippen LogP contribution in [0.1, 0.15) is 42.1 Å². The van der Waals surface area contributed by atoms with Crippen LogP contribution in [0.25, 0.3) is 0 Å². The van der Waals surface area contributed by atoms with Crippen molar-refractivity contribution in [2.45, 2.75) is 38.3 Å². The first-order chi connectivity index (χ1) is 9.55. The number of benzene rings is 1. The standard InChI is InChI=1S/C15H19NO4/c1-2-15(14(19)20)8-3-9-16(15)13(18)12-6-4-11(10-17)5-7-12/h4-7,17H,2-3,8-10H2,1H3,(H,19,20). The lowest BCUT2D eigenvalue weighted by Crippen LogP contribution is -2.52. The zero-order valence-corrected chi connectivity index (χ0v) is 11.5. The molecule has 1 aliphatic rings. The number of carboxylic acid groups (broad SMARTS) is 1. The molecule has 0 spiro atoms. The molecular formula is C15H19NO4. The van der Waals surface area contributed by atoms with Crippen molar-refractivity contribution in [3.63, 3.8) is 0 Å². The summed E-state index contributed by atoms with van der Waals surface area (Å²) in [6, 6.07) is 6.62. The molecule has 2 N–H and O–H groups in total. The number of hydrogen-bond donors (Lipinski definition) is 2. The Bertz CT molecular complexity index is 511. The molecule has 20 heavy (non-hydrogen) atoms. The fraction of sp³-hybridized carbons (Fsp3) is 0.467. The van der Waals surface area contributed by atoms with E-state index in [0.29, 0.717) is 31.4 Å². The van der Waals surface area contributed by atoms with Gasteiger partial charge in [-0.3, -0.25) is 4.79 Å². The SMILES string of the molecule is CCC1(C(=O)O)CCCN1C(=O)c1ccc(CO)cc1. The molecule has 1 atom stereocenters. The highest BCUT2D eigenvalue weighted by atomic mass is 16.4. The third-order valence-electron chi connectivity index (χ3n) is 4.10. The number of hydrogen-bond acceptors (Lipinski definition) is 3. The summed E-state index contributed by atoms with van der Waals surface area (Å²) < 4.78 is 0. The number of aliphatic hydroxyl groups is 1. The maximum absolute atomic E-state index is 12.5. The first-order valence-electron chi connectivity index (χ1n) is 6.80. The zero-order valence-electron chi connectivity index (χ0n) is 11.5. The molecule has 5 nitrogen and oxygen atoms in total. The van der Waals surface area contributed by atoms with Gasteiger partial charge in [0.05, 0.1) is 6.61 Å². The van der Waals surface area contributed by atoms with Crippen LogP contribution in [0.4, 0.5) is 0 Å². The molecule has 1 aromatic rings. The summed E-state index contributed by atoms with van der Waals surface area (Å²) in [4.78, 5) is 25.6. The molecule has 1 amide bonds. The first kappa shape index (κ1) is 14.5. The molecule has 1 fully saturated rings. The van der Waals surface area contributed by atoms with Crippen molar-refractivity contribution in [1.82, 2.24) is 4.90 Å². The largest absolute Gasteiger partial charge is 0.479 e. The Hall–Kier alpha value is -1.88. The van der Waals surface area contributed by atoms with Crippen LogP contribution < -0.4 is 0 Å². The highest BCUT2D eigenvalue weighted by Crippen LogP contribution is 2.34. The number of amides is 1. The molecular weight excluding hydrogens is 258 g/mol. The fourth-order valence-corrected chi connectivity index (χ4v) is 2.82. The lowest BCUT2D eigenvalue weighted by molar-refractivity contribution is -0.148. The van der Waals surface area contributed by atoms with E-state index in [0.717, 1.165) is 5.56 Å². The number of carbonyl (C=O) groups is 2. The van der Waals surface area contributed by atoms with Gasteiger partial charge in [-0.2, -0.15) is 0 Å². The van der Waals surface area contributed by atoms with Crippen molar-refractivity contribution in [3.8, 4) is 0 Å². The second kappa shape index (κ2) is 5.63. The quantitative estimate of drug-likeness (QED) is 0.877. The van der Waals surface area contributed by atoms with Gasteiger partial charge in [0.25, 0.3) is 5.91 Å². The lowest BCUT2D eigenvalue weighted by atomic mass is 9.92. The van der Waals surface area contributed by atoms with Crippen LogP contribution >= 0.6 is 0 Å². The minimum Gasteiger partial charge on any atom is -0.479 e. The minimum absolute atomic E-state index is 0.0772. The van der Waals surface area contributed by atoms with Gasteiger partial charge in [0, 0.05) is 12.1 Å². The van der Waals surface area contributed by atoms with Gasteiger partial charge in [-0.15, -0.1) is 0 Å². The number of aliphatic hydroxyl groups excluding tert-OH is 1. The van der Waals surface area contributed by atoms with Gasteiger partial charge in [-0.05, 0) is 37.0 Å². The van der Waals surface area contributed by atoms with Gasteiger partial charge in [0.2, 0.25) is 0 Å². The van der Waals surface area contributed by atoms with Crippen molar-refractivity contribution in [2.75, 3.05) is 6.54 Å². The van der Waals surface area contributed by atoms with E-state index in [1.165, 1.54) is 4.90 Å². The number of aliphatic carboxylic acids is 1. The molecule has 0 aromatic heterocycles. The van der Waals surface area contributed by atoms with Gasteiger partial charge in [-0.1, -0.05) is 19.1 Å². The van der Waals surface area contributed by atoms with Crippen molar-refractivity contribution in [1.29, 1.82) is 0 Å². The van der Waals surface area contributed by atoms with Gasteiger partial charge in [-0.25, -0.2) is 4.79 Å². The van der Waals surface area contributed by atoms with Gasteiger partial charge in [0.1, 0.15) is 5.54 Å². The van der Waals surface area contributed by atoms with E-state index in [4.69, 9.17) is 5.11 Å². The van der Waals surface area contributed by atoms with Crippen LogP contribution in [0.2, 0.25) is 0 Å². The Balaban J connectivity index is 2.29. The zero-order chi connectivity index (χ0) is 14.8. The van der Waals surface area contributed by atoms with Crippen molar-refractivity contribution in [3.05, 3.63) is 35.4 Å². The Morgan fingerprint density at radius 2 is 1.95 bits per heavy atom. The maximum atomic E-state index is 12.5. The Labute approximate surface area is 117 Å². The van der Waals surface area contributed by atoms with E-state index in [2.05, 4.69) is 0 Å². The normalized spacial score (nSPS) is 22.0. The van der Waals surface area contributed by atoms with Gasteiger partial charge >= 0.3 is 5.97 Å². The third-order valence-corrected chi connectivity index (χ3v) is 4.10. The van der Waals surface area contributed by atoms with Crippen LogP contribution in [0, 0.1) is 0 Å². The van der Waals surface area contributed by atoms with Crippen LogP contribution in [0.5, 0.6) is 0 Å². The summed E-state index contributed by atoms with van der Waals surface area (Å²) >= 11 is 0. The number of rotatable bonds is 4. The fourth-order valence-electron chi connectivity index (χ4n) is 2.82. The Morgan fingerprint density at radius 3 is 2.45 bits per heavy atom. The minimum atomic E-state index is -1.08. The van der Waals surface area contributed by atoms with E-state index in [9.17, 15) is 14.7 Å². The molecule has 0 aliphatic carbocycles. The van der Waals surface area contributed by atoms with E-state index in [1.807, 2.05) is 0 Å². The molecule has 108 valence electrons. The van der Waals surface area contributed by atoms with E-state index in [1.54, 1.807) is 31.2 Å². The number of carboxylic acids is 1. The molecule has 1 saturated heterocycles. The number of carbonyl (C=O) groups excluding carboxylic acids is 1. The molecule has 1 aliphatic heterocycles. The monoisotopic (exact) mass is 277 g/mol. The second-order valence-corrected chi connectivity index (χ2v) is 5.11. The number of likely N-dealkylation sites (tertiary alicyclic amines) is 1.